The molecule has 0 radical (unpaired) electrons. The van der Waals surface area contributed by atoms with Crippen molar-refractivity contribution < 1.29 is 38.1 Å². The van der Waals surface area contributed by atoms with E-state index in [1.807, 2.05) is 12.1 Å². The van der Waals surface area contributed by atoms with Gasteiger partial charge in [0.05, 0.1) is 18.6 Å². The standard InChI is InChI=1S/C32H43N3O8/c1-19(2)6-11-24-31(4,43-24)28-27(40-5)23(14-16-32(28)18-41-32)42-30(39)33-17-15-21-7-9-22(10-8-21)34-29(38)20(3)35-25(36)12-13-26(35)37/h6-10,20,23-24,27-28H,11-18H2,1-5H3,(H,33,39)(H,34,38)/t20-,23+,24+,27+,28+,31-,32-/m0/s1. The molecule has 4 fully saturated rings. The van der Waals surface area contributed by atoms with Crippen LogP contribution in [0, 0.1) is 5.92 Å². The molecule has 1 aromatic rings. The molecule has 234 valence electrons. The van der Waals surface area contributed by atoms with Crippen LogP contribution in [-0.2, 0) is 39.8 Å². The molecule has 0 aromatic heterocycles. The lowest BCUT2D eigenvalue weighted by molar-refractivity contribution is -0.144. The van der Waals surface area contributed by atoms with Crippen molar-refractivity contribution in [2.24, 2.45) is 5.92 Å². The molecule has 3 heterocycles. The number of likely N-dealkylation sites (tertiary alicyclic amines) is 1. The average molecular weight is 598 g/mol. The number of rotatable bonds is 11. The maximum Gasteiger partial charge on any atom is 0.407 e. The minimum Gasteiger partial charge on any atom is -0.443 e. The topological polar surface area (TPSA) is 139 Å². The number of carbonyl (C=O) groups excluding carboxylic acids is 4. The van der Waals surface area contributed by atoms with Gasteiger partial charge < -0.3 is 29.6 Å². The third-order valence-corrected chi connectivity index (χ3v) is 9.26. The molecule has 0 unspecified atom stereocenters. The highest BCUT2D eigenvalue weighted by Crippen LogP contribution is 2.59. The second-order valence-corrected chi connectivity index (χ2v) is 12.5. The van der Waals surface area contributed by atoms with E-state index in [0.717, 1.165) is 23.3 Å². The Balaban J connectivity index is 1.09. The SMILES string of the molecule is CO[C@@H]1[C@H](OC(=O)NCCc2ccc(NC(=O)[C@H](C)N3C(=O)CCC3=O)cc2)CC[C@]2(CO2)[C@H]1[C@@]1(C)O[C@@H]1CC=C(C)C. The van der Waals surface area contributed by atoms with Crippen molar-refractivity contribution in [3.05, 3.63) is 41.5 Å². The second-order valence-electron chi connectivity index (χ2n) is 12.5. The van der Waals surface area contributed by atoms with E-state index >= 15 is 0 Å². The fourth-order valence-electron chi connectivity index (χ4n) is 6.70. The number of methoxy groups -OCH3 is 1. The van der Waals surface area contributed by atoms with E-state index in [4.69, 9.17) is 18.9 Å². The molecule has 0 bridgehead atoms. The summed E-state index contributed by atoms with van der Waals surface area (Å²) in [6.45, 7) is 8.85. The summed E-state index contributed by atoms with van der Waals surface area (Å²) in [5.74, 6) is -1.12. The number of hydrogen-bond donors (Lipinski definition) is 2. The molecular weight excluding hydrogens is 554 g/mol. The fraction of sp³-hybridized carbons (Fsp3) is 0.625. The van der Waals surface area contributed by atoms with Crippen LogP contribution in [0.3, 0.4) is 0 Å². The van der Waals surface area contributed by atoms with Gasteiger partial charge in [0.25, 0.3) is 0 Å². The number of allylic oxidation sites excluding steroid dienone is 1. The Bertz CT molecular complexity index is 1260. The summed E-state index contributed by atoms with van der Waals surface area (Å²) >= 11 is 0. The Morgan fingerprint density at radius 1 is 1.16 bits per heavy atom. The first-order chi connectivity index (χ1) is 20.5. The monoisotopic (exact) mass is 597 g/mol. The van der Waals surface area contributed by atoms with Gasteiger partial charge in [0, 0.05) is 32.2 Å². The van der Waals surface area contributed by atoms with Crippen molar-refractivity contribution in [2.75, 3.05) is 25.6 Å². The number of anilines is 1. The largest absolute Gasteiger partial charge is 0.443 e. The van der Waals surface area contributed by atoms with Crippen molar-refractivity contribution in [3.63, 3.8) is 0 Å². The number of amides is 4. The number of nitrogens with one attached hydrogen (secondary N) is 2. The van der Waals surface area contributed by atoms with Gasteiger partial charge in [0.15, 0.2) is 0 Å². The van der Waals surface area contributed by atoms with E-state index in [-0.39, 0.29) is 48.4 Å². The van der Waals surface area contributed by atoms with Crippen LogP contribution in [0.25, 0.3) is 0 Å². The van der Waals surface area contributed by atoms with E-state index in [2.05, 4.69) is 37.5 Å². The van der Waals surface area contributed by atoms with Crippen LogP contribution in [0.15, 0.2) is 35.9 Å². The molecule has 7 atom stereocenters. The van der Waals surface area contributed by atoms with Crippen LogP contribution in [0.5, 0.6) is 0 Å². The highest BCUT2D eigenvalue weighted by Gasteiger charge is 2.72. The van der Waals surface area contributed by atoms with Gasteiger partial charge in [-0.25, -0.2) is 4.79 Å². The van der Waals surface area contributed by atoms with Crippen molar-refractivity contribution >= 4 is 29.5 Å². The highest BCUT2D eigenvalue weighted by molar-refractivity contribution is 6.07. The predicted octanol–water partition coefficient (Wildman–Crippen LogP) is 3.51. The van der Waals surface area contributed by atoms with Crippen molar-refractivity contribution in [1.29, 1.82) is 0 Å². The van der Waals surface area contributed by atoms with Gasteiger partial charge in [-0.3, -0.25) is 19.3 Å². The summed E-state index contributed by atoms with van der Waals surface area (Å²) < 4.78 is 24.0. The van der Waals surface area contributed by atoms with E-state index in [1.165, 1.54) is 5.57 Å². The smallest absolute Gasteiger partial charge is 0.407 e. The quantitative estimate of drug-likeness (QED) is 0.225. The predicted molar refractivity (Wildman–Crippen MR) is 157 cm³/mol. The van der Waals surface area contributed by atoms with E-state index in [1.54, 1.807) is 26.2 Å². The molecule has 43 heavy (non-hydrogen) atoms. The third kappa shape index (κ3) is 6.63. The Hall–Kier alpha value is -3.28. The maximum absolute atomic E-state index is 12.8. The van der Waals surface area contributed by atoms with E-state index in [0.29, 0.717) is 31.7 Å². The molecule has 1 aromatic carbocycles. The van der Waals surface area contributed by atoms with Gasteiger partial charge in [-0.15, -0.1) is 0 Å². The summed E-state index contributed by atoms with van der Waals surface area (Å²) in [4.78, 5) is 50.2. The minimum absolute atomic E-state index is 0.0366. The molecule has 4 amide bonds. The molecular formula is C32H43N3O8. The van der Waals surface area contributed by atoms with Crippen molar-refractivity contribution in [2.45, 2.75) is 102 Å². The molecule has 5 rings (SSSR count). The van der Waals surface area contributed by atoms with Gasteiger partial charge in [-0.1, -0.05) is 23.8 Å². The number of hydrogen-bond acceptors (Lipinski definition) is 8. The normalized spacial score (nSPS) is 31.9. The highest BCUT2D eigenvalue weighted by atomic mass is 16.6. The first-order valence-electron chi connectivity index (χ1n) is 15.1. The fourth-order valence-corrected chi connectivity index (χ4v) is 6.70. The van der Waals surface area contributed by atoms with Crippen molar-refractivity contribution in [1.82, 2.24) is 10.2 Å². The zero-order valence-electron chi connectivity index (χ0n) is 25.6. The second kappa shape index (κ2) is 12.4. The zero-order valence-corrected chi connectivity index (χ0v) is 25.6. The Morgan fingerprint density at radius 2 is 1.84 bits per heavy atom. The number of alkyl carbamates (subject to hydrolysis) is 1. The maximum atomic E-state index is 12.8. The van der Waals surface area contributed by atoms with Crippen LogP contribution < -0.4 is 10.6 Å². The van der Waals surface area contributed by atoms with Crippen LogP contribution in [0.2, 0.25) is 0 Å². The van der Waals surface area contributed by atoms with Crippen LogP contribution in [-0.4, -0.2) is 84.5 Å². The van der Waals surface area contributed by atoms with Crippen LogP contribution in [0.4, 0.5) is 10.5 Å². The summed E-state index contributed by atoms with van der Waals surface area (Å²) in [7, 11) is 1.66. The average Bonchev–Trinajstić information content (AvgIpc) is 3.86. The van der Waals surface area contributed by atoms with E-state index < -0.39 is 29.7 Å². The van der Waals surface area contributed by atoms with Crippen LogP contribution >= 0.6 is 0 Å². The molecule has 1 saturated carbocycles. The Kier molecular flexibility index (Phi) is 8.97. The molecule has 4 aliphatic rings. The van der Waals surface area contributed by atoms with Crippen molar-refractivity contribution in [3.8, 4) is 0 Å². The number of epoxide rings is 2. The number of ether oxygens (including phenoxy) is 4. The lowest BCUT2D eigenvalue weighted by Crippen LogP contribution is -2.56. The first-order valence-corrected chi connectivity index (χ1v) is 15.1. The molecule has 3 saturated heterocycles. The first kappa shape index (κ1) is 31.2. The van der Waals surface area contributed by atoms with Gasteiger partial charge in [-0.05, 0) is 71.1 Å². The van der Waals surface area contributed by atoms with Gasteiger partial charge >= 0.3 is 6.09 Å². The number of nitrogens with zero attached hydrogens (tertiary/aromatic N) is 1. The summed E-state index contributed by atoms with van der Waals surface area (Å²) in [6, 6.07) is 6.32. The van der Waals surface area contributed by atoms with Gasteiger partial charge in [0.2, 0.25) is 17.7 Å². The van der Waals surface area contributed by atoms with Crippen LogP contribution in [0.1, 0.15) is 65.4 Å². The number of benzene rings is 1. The molecule has 1 spiro atoms. The molecule has 11 heteroatoms. The summed E-state index contributed by atoms with van der Waals surface area (Å²) in [5.41, 5.74) is 2.09. The molecule has 11 nitrogen and oxygen atoms in total. The summed E-state index contributed by atoms with van der Waals surface area (Å²) in [6.07, 6.45) is 4.15. The summed E-state index contributed by atoms with van der Waals surface area (Å²) in [5, 5.41) is 5.60. The van der Waals surface area contributed by atoms with Gasteiger partial charge in [0.1, 0.15) is 29.5 Å². The lowest BCUT2D eigenvalue weighted by atomic mass is 9.68. The lowest BCUT2D eigenvalue weighted by Gasteiger charge is -2.42. The molecule has 1 aliphatic carbocycles. The zero-order chi connectivity index (χ0) is 30.9. The number of imide groups is 1. The Morgan fingerprint density at radius 3 is 2.44 bits per heavy atom. The molecule has 3 aliphatic heterocycles. The Labute approximate surface area is 252 Å². The minimum atomic E-state index is -0.875. The number of carbonyl (C=O) groups is 4. The molecule has 2 N–H and O–H groups in total. The van der Waals surface area contributed by atoms with E-state index in [9.17, 15) is 19.2 Å². The van der Waals surface area contributed by atoms with Gasteiger partial charge in [-0.2, -0.15) is 0 Å². The third-order valence-electron chi connectivity index (χ3n) is 9.26.